The molecule has 0 aliphatic heterocycles. The molecule has 2 atom stereocenters. The Labute approximate surface area is 443 Å². The van der Waals surface area contributed by atoms with Crippen molar-refractivity contribution in [1.82, 2.24) is 5.32 Å². The molecule has 3 N–H and O–H groups in total. The molecule has 0 radical (unpaired) electrons. The first kappa shape index (κ1) is 69.1. The average molecular weight is 999 g/mol. The van der Waals surface area contributed by atoms with Crippen molar-refractivity contribution in [2.75, 3.05) is 13.2 Å². The summed E-state index contributed by atoms with van der Waals surface area (Å²) in [4.78, 5) is 24.6. The third kappa shape index (κ3) is 57.2. The second kappa shape index (κ2) is 60.6. The fourth-order valence-electron chi connectivity index (χ4n) is 9.74. The van der Waals surface area contributed by atoms with Crippen LogP contribution in [0.3, 0.4) is 0 Å². The molecule has 0 heterocycles. The van der Waals surface area contributed by atoms with Crippen LogP contribution in [-0.2, 0) is 14.3 Å². The fourth-order valence-corrected chi connectivity index (χ4v) is 9.74. The van der Waals surface area contributed by atoms with Crippen molar-refractivity contribution in [2.45, 2.75) is 353 Å². The molecule has 0 spiro atoms. The van der Waals surface area contributed by atoms with Crippen molar-refractivity contribution in [1.29, 1.82) is 0 Å². The number of aliphatic hydroxyl groups excluding tert-OH is 2. The average Bonchev–Trinajstić information content (AvgIpc) is 3.37. The Kier molecular flexibility index (Phi) is 59.0. The molecule has 0 saturated carbocycles. The summed E-state index contributed by atoms with van der Waals surface area (Å²) in [5.41, 5.74) is 0. The van der Waals surface area contributed by atoms with Gasteiger partial charge in [0.2, 0.25) is 5.91 Å². The van der Waals surface area contributed by atoms with E-state index in [1.807, 2.05) is 6.08 Å². The van der Waals surface area contributed by atoms with E-state index in [1.54, 1.807) is 6.08 Å². The van der Waals surface area contributed by atoms with Crippen LogP contribution in [0.15, 0.2) is 36.5 Å². The van der Waals surface area contributed by atoms with E-state index in [4.69, 9.17) is 4.74 Å². The molecule has 0 rings (SSSR count). The summed E-state index contributed by atoms with van der Waals surface area (Å²) < 4.78 is 5.46. The molecule has 2 unspecified atom stereocenters. The maximum atomic E-state index is 12.5. The van der Waals surface area contributed by atoms with Crippen molar-refractivity contribution in [3.8, 4) is 0 Å². The summed E-state index contributed by atoms with van der Waals surface area (Å²) in [5.74, 6) is -0.0993. The van der Waals surface area contributed by atoms with E-state index in [0.717, 1.165) is 70.6 Å². The first-order valence-electron chi connectivity index (χ1n) is 31.8. The third-order valence-corrected chi connectivity index (χ3v) is 14.6. The molecule has 0 saturated heterocycles. The first-order valence-corrected chi connectivity index (χ1v) is 31.8. The highest BCUT2D eigenvalue weighted by atomic mass is 16.5. The normalized spacial score (nSPS) is 12.8. The largest absolute Gasteiger partial charge is 0.466 e. The maximum absolute atomic E-state index is 12.5. The Morgan fingerprint density at radius 2 is 0.662 bits per heavy atom. The van der Waals surface area contributed by atoms with E-state index in [0.29, 0.717) is 19.4 Å². The lowest BCUT2D eigenvalue weighted by Crippen LogP contribution is -2.45. The predicted octanol–water partition coefficient (Wildman–Crippen LogP) is 20.0. The summed E-state index contributed by atoms with van der Waals surface area (Å²) in [6.45, 7) is 4.88. The highest BCUT2D eigenvalue weighted by Gasteiger charge is 2.18. The van der Waals surface area contributed by atoms with Gasteiger partial charge in [-0.15, -0.1) is 0 Å². The van der Waals surface area contributed by atoms with E-state index < -0.39 is 12.1 Å². The lowest BCUT2D eigenvalue weighted by Gasteiger charge is -2.20. The quantitative estimate of drug-likeness (QED) is 0.0321. The van der Waals surface area contributed by atoms with E-state index in [9.17, 15) is 19.8 Å². The fraction of sp³-hybridized carbons (Fsp3) is 0.877. The zero-order chi connectivity index (χ0) is 51.4. The summed E-state index contributed by atoms with van der Waals surface area (Å²) in [7, 11) is 0. The van der Waals surface area contributed by atoms with Gasteiger partial charge in [-0.05, 0) is 83.5 Å². The summed E-state index contributed by atoms with van der Waals surface area (Å²) in [6, 6.07) is -0.641. The summed E-state index contributed by atoms with van der Waals surface area (Å²) in [5, 5.41) is 23.2. The number of hydrogen-bond acceptors (Lipinski definition) is 5. The van der Waals surface area contributed by atoms with E-state index in [1.165, 1.54) is 244 Å². The molecule has 0 bridgehead atoms. The molecular weight excluding hydrogens is 875 g/mol. The van der Waals surface area contributed by atoms with Gasteiger partial charge in [0, 0.05) is 12.8 Å². The molecule has 0 aromatic carbocycles. The van der Waals surface area contributed by atoms with Gasteiger partial charge in [-0.1, -0.05) is 281 Å². The second-order valence-electron chi connectivity index (χ2n) is 21.7. The minimum atomic E-state index is -0.856. The van der Waals surface area contributed by atoms with Crippen LogP contribution in [0, 0.1) is 0 Å². The number of hydrogen-bond donors (Lipinski definition) is 3. The Balaban J connectivity index is 3.50. The second-order valence-corrected chi connectivity index (χ2v) is 21.7. The summed E-state index contributed by atoms with van der Waals surface area (Å²) >= 11 is 0. The van der Waals surface area contributed by atoms with Crippen LogP contribution in [0.25, 0.3) is 0 Å². The molecule has 6 nitrogen and oxygen atoms in total. The summed E-state index contributed by atoms with van der Waals surface area (Å²) in [6.07, 6.45) is 76.1. The molecule has 418 valence electrons. The minimum absolute atomic E-state index is 0.0187. The predicted molar refractivity (Wildman–Crippen MR) is 310 cm³/mol. The van der Waals surface area contributed by atoms with Crippen LogP contribution in [-0.4, -0.2) is 47.4 Å². The van der Waals surface area contributed by atoms with Crippen LogP contribution < -0.4 is 5.32 Å². The number of ether oxygens (including phenoxy) is 1. The van der Waals surface area contributed by atoms with Crippen molar-refractivity contribution in [3.63, 3.8) is 0 Å². The molecule has 1 amide bonds. The number of aliphatic hydroxyl groups is 2. The van der Waals surface area contributed by atoms with Gasteiger partial charge in [0.25, 0.3) is 0 Å². The van der Waals surface area contributed by atoms with Gasteiger partial charge in [-0.2, -0.15) is 0 Å². The molecule has 71 heavy (non-hydrogen) atoms. The van der Waals surface area contributed by atoms with Gasteiger partial charge < -0.3 is 20.3 Å². The van der Waals surface area contributed by atoms with Gasteiger partial charge >= 0.3 is 5.97 Å². The maximum Gasteiger partial charge on any atom is 0.305 e. The minimum Gasteiger partial charge on any atom is -0.466 e. The topological polar surface area (TPSA) is 95.9 Å². The molecule has 0 aliphatic rings. The van der Waals surface area contributed by atoms with Crippen molar-refractivity contribution in [2.24, 2.45) is 0 Å². The molecule has 0 aromatic rings. The zero-order valence-corrected chi connectivity index (χ0v) is 47.7. The van der Waals surface area contributed by atoms with Gasteiger partial charge in [0.05, 0.1) is 25.4 Å². The molecule has 0 aliphatic carbocycles. The van der Waals surface area contributed by atoms with Crippen LogP contribution >= 0.6 is 0 Å². The van der Waals surface area contributed by atoms with Gasteiger partial charge in [-0.3, -0.25) is 9.59 Å². The number of rotatable bonds is 59. The van der Waals surface area contributed by atoms with E-state index >= 15 is 0 Å². The Bertz CT molecular complexity index is 1150. The van der Waals surface area contributed by atoms with Crippen molar-refractivity contribution in [3.05, 3.63) is 36.5 Å². The van der Waals surface area contributed by atoms with E-state index in [-0.39, 0.29) is 18.5 Å². The Hall–Kier alpha value is -1.92. The Morgan fingerprint density at radius 1 is 0.380 bits per heavy atom. The number of nitrogens with one attached hydrogen (secondary N) is 1. The third-order valence-electron chi connectivity index (χ3n) is 14.6. The van der Waals surface area contributed by atoms with Crippen molar-refractivity contribution < 1.29 is 24.5 Å². The molecule has 6 heteroatoms. The van der Waals surface area contributed by atoms with Crippen LogP contribution in [0.5, 0.6) is 0 Å². The number of unbranched alkanes of at least 4 members (excludes halogenated alkanes) is 44. The lowest BCUT2D eigenvalue weighted by atomic mass is 10.0. The Morgan fingerprint density at radius 3 is 1.00 bits per heavy atom. The standard InChI is InChI=1S/C65H123NO5/c1-3-5-7-9-11-13-15-17-19-20-21-22-23-24-25-26-27-30-33-37-41-45-49-53-57-63(68)62(61-67)66-64(69)58-54-50-46-42-38-34-31-28-32-36-40-44-48-52-56-60-71-65(70)59-55-51-47-43-39-35-29-18-16-14-12-10-8-6-4-2/h18,29,32,36,53,57,62-63,67-68H,3-17,19-28,30-31,33-35,37-52,54-56,58-61H2,1-2H3,(H,66,69)/b29-18-,36-32-,57-53+. The lowest BCUT2D eigenvalue weighted by molar-refractivity contribution is -0.143. The monoisotopic (exact) mass is 998 g/mol. The van der Waals surface area contributed by atoms with Crippen molar-refractivity contribution >= 4 is 11.9 Å². The number of amides is 1. The van der Waals surface area contributed by atoms with Crippen LogP contribution in [0.1, 0.15) is 341 Å². The van der Waals surface area contributed by atoms with Gasteiger partial charge in [-0.25, -0.2) is 0 Å². The number of carbonyl (C=O) groups excluding carboxylic acids is 2. The molecular formula is C65H123NO5. The molecule has 0 fully saturated rings. The first-order chi connectivity index (χ1) is 35.0. The number of carbonyl (C=O) groups is 2. The SMILES string of the molecule is CCCCCCCC/C=C\CCCCCCCC(=O)OCCCCCC/C=C\CCCCCCCCCC(=O)NC(CO)C(O)/C=C/CCCCCCCCCCCCCCCCCCCCCCCC. The van der Waals surface area contributed by atoms with Crippen LogP contribution in [0.4, 0.5) is 0 Å². The molecule has 0 aromatic heterocycles. The van der Waals surface area contributed by atoms with Gasteiger partial charge in [0.1, 0.15) is 0 Å². The number of allylic oxidation sites excluding steroid dienone is 5. The number of esters is 1. The smallest absolute Gasteiger partial charge is 0.305 e. The highest BCUT2D eigenvalue weighted by Crippen LogP contribution is 2.17. The zero-order valence-electron chi connectivity index (χ0n) is 47.7. The van der Waals surface area contributed by atoms with Gasteiger partial charge in [0.15, 0.2) is 0 Å². The highest BCUT2D eigenvalue weighted by molar-refractivity contribution is 5.76. The van der Waals surface area contributed by atoms with Crippen LogP contribution in [0.2, 0.25) is 0 Å². The van der Waals surface area contributed by atoms with E-state index in [2.05, 4.69) is 43.5 Å².